The zero-order valence-electron chi connectivity index (χ0n) is 20.3. The molecule has 0 radical (unpaired) electrons. The number of hydrogen-bond donors (Lipinski definition) is 2. The van der Waals surface area contributed by atoms with Crippen LogP contribution in [0.3, 0.4) is 0 Å². The summed E-state index contributed by atoms with van der Waals surface area (Å²) in [6.45, 7) is 3.02. The molecule has 3 aliphatic rings. The summed E-state index contributed by atoms with van der Waals surface area (Å²) in [6.07, 6.45) is -1.09. The van der Waals surface area contributed by atoms with Gasteiger partial charge in [0.15, 0.2) is 0 Å². The van der Waals surface area contributed by atoms with Gasteiger partial charge in [-0.25, -0.2) is 12.8 Å². The Balaban J connectivity index is 1.10. The van der Waals surface area contributed by atoms with Crippen LogP contribution in [0.15, 0.2) is 53.4 Å². The SMILES string of the molecule is Cc1ccc(S(=O)(=O)Nc2ccc(C(=O)N3CC4C(C3)C4NCC(=O)N3CC(F)CC3C#N)cc2)cc1. The molecule has 2 heterocycles. The highest BCUT2D eigenvalue weighted by Gasteiger charge is 2.56. The van der Waals surface area contributed by atoms with Gasteiger partial charge in [-0.05, 0) is 55.2 Å². The molecule has 9 nitrogen and oxygen atoms in total. The molecule has 2 aromatic rings. The second-order valence-corrected chi connectivity index (χ2v) is 11.6. The topological polar surface area (TPSA) is 123 Å². The number of carbonyl (C=O) groups is 2. The molecule has 37 heavy (non-hydrogen) atoms. The first-order valence-electron chi connectivity index (χ1n) is 12.2. The average Bonchev–Trinajstić information content (AvgIpc) is 3.18. The maximum absolute atomic E-state index is 13.6. The number of nitriles is 1. The van der Waals surface area contributed by atoms with Crippen LogP contribution in [0.2, 0.25) is 0 Å². The fraction of sp³-hybridized carbons (Fsp3) is 0.423. The van der Waals surface area contributed by atoms with Crippen LogP contribution in [-0.2, 0) is 14.8 Å². The van der Waals surface area contributed by atoms with Gasteiger partial charge in [-0.3, -0.25) is 14.3 Å². The number of likely N-dealkylation sites (tertiary alicyclic amines) is 2. The number of halogens is 1. The van der Waals surface area contributed by atoms with Gasteiger partial charge in [0, 0.05) is 36.8 Å². The minimum atomic E-state index is -3.72. The Hall–Kier alpha value is -3.49. The van der Waals surface area contributed by atoms with Gasteiger partial charge in [0.1, 0.15) is 12.2 Å². The van der Waals surface area contributed by atoms with Crippen molar-refractivity contribution in [2.75, 3.05) is 30.9 Å². The van der Waals surface area contributed by atoms with Crippen LogP contribution in [0, 0.1) is 30.1 Å². The van der Waals surface area contributed by atoms with Crippen molar-refractivity contribution in [1.29, 1.82) is 5.26 Å². The van der Waals surface area contributed by atoms with Crippen molar-refractivity contribution in [3.63, 3.8) is 0 Å². The second kappa shape index (κ2) is 9.76. The number of rotatable bonds is 7. The van der Waals surface area contributed by atoms with Gasteiger partial charge >= 0.3 is 0 Å². The Morgan fingerprint density at radius 3 is 2.32 bits per heavy atom. The minimum Gasteiger partial charge on any atom is -0.338 e. The lowest BCUT2D eigenvalue weighted by Crippen LogP contribution is -2.43. The highest BCUT2D eigenvalue weighted by Crippen LogP contribution is 2.45. The van der Waals surface area contributed by atoms with Crippen LogP contribution in [-0.4, -0.2) is 74.5 Å². The van der Waals surface area contributed by atoms with Crippen molar-refractivity contribution >= 4 is 27.5 Å². The maximum atomic E-state index is 13.6. The molecule has 5 rings (SSSR count). The van der Waals surface area contributed by atoms with Gasteiger partial charge in [0.05, 0.1) is 24.1 Å². The number of nitrogens with zero attached hydrogens (tertiary/aromatic N) is 3. The number of anilines is 1. The number of sulfonamides is 1. The fourth-order valence-corrected chi connectivity index (χ4v) is 6.34. The van der Waals surface area contributed by atoms with Gasteiger partial charge in [0.2, 0.25) is 5.91 Å². The van der Waals surface area contributed by atoms with E-state index in [9.17, 15) is 22.4 Å². The lowest BCUT2D eigenvalue weighted by molar-refractivity contribution is -0.130. The molecule has 11 heteroatoms. The highest BCUT2D eigenvalue weighted by molar-refractivity contribution is 7.92. The summed E-state index contributed by atoms with van der Waals surface area (Å²) in [7, 11) is -3.72. The lowest BCUT2D eigenvalue weighted by Gasteiger charge is -2.22. The van der Waals surface area contributed by atoms with E-state index in [0.29, 0.717) is 24.3 Å². The lowest BCUT2D eigenvalue weighted by atomic mass is 10.2. The first kappa shape index (κ1) is 25.2. The van der Waals surface area contributed by atoms with E-state index in [1.165, 1.54) is 4.90 Å². The number of amides is 2. The molecular formula is C26H28FN5O4S. The number of carbonyl (C=O) groups excluding carboxylic acids is 2. The molecule has 0 spiro atoms. The van der Waals surface area contributed by atoms with E-state index in [0.717, 1.165) is 5.56 Å². The normalized spacial score (nSPS) is 26.5. The van der Waals surface area contributed by atoms with Crippen LogP contribution < -0.4 is 10.0 Å². The van der Waals surface area contributed by atoms with E-state index in [1.807, 2.05) is 13.0 Å². The third-order valence-corrected chi connectivity index (χ3v) is 8.80. The summed E-state index contributed by atoms with van der Waals surface area (Å²) in [5.41, 5.74) is 1.80. The molecule has 194 valence electrons. The number of nitrogens with one attached hydrogen (secondary N) is 2. The number of fused-ring (bicyclic) bond motifs is 1. The van der Waals surface area contributed by atoms with Crippen LogP contribution >= 0.6 is 0 Å². The predicted octanol–water partition coefficient (Wildman–Crippen LogP) is 1.92. The van der Waals surface area contributed by atoms with E-state index in [4.69, 9.17) is 5.26 Å². The summed E-state index contributed by atoms with van der Waals surface area (Å²) < 4.78 is 41.3. The molecule has 2 N–H and O–H groups in total. The van der Waals surface area contributed by atoms with Gasteiger partial charge in [-0.2, -0.15) is 5.26 Å². The van der Waals surface area contributed by atoms with Crippen LogP contribution in [0.1, 0.15) is 22.3 Å². The Morgan fingerprint density at radius 2 is 1.70 bits per heavy atom. The van der Waals surface area contributed by atoms with E-state index >= 15 is 0 Å². The predicted molar refractivity (Wildman–Crippen MR) is 134 cm³/mol. The number of benzene rings is 2. The van der Waals surface area contributed by atoms with E-state index in [2.05, 4.69) is 10.0 Å². The van der Waals surface area contributed by atoms with Gasteiger partial charge in [0.25, 0.3) is 15.9 Å². The Morgan fingerprint density at radius 1 is 1.05 bits per heavy atom. The molecule has 1 saturated carbocycles. The first-order chi connectivity index (χ1) is 17.7. The van der Waals surface area contributed by atoms with Crippen molar-refractivity contribution in [2.45, 2.75) is 36.5 Å². The molecular weight excluding hydrogens is 497 g/mol. The average molecular weight is 526 g/mol. The summed E-state index contributed by atoms with van der Waals surface area (Å²) in [6, 6.07) is 14.3. The minimum absolute atomic E-state index is 0.0370. The number of alkyl halides is 1. The molecule has 4 atom stereocenters. The Labute approximate surface area is 215 Å². The molecule has 0 aromatic heterocycles. The van der Waals surface area contributed by atoms with Crippen molar-refractivity contribution in [1.82, 2.24) is 15.1 Å². The third-order valence-electron chi connectivity index (χ3n) is 7.40. The highest BCUT2D eigenvalue weighted by atomic mass is 32.2. The molecule has 2 aliphatic heterocycles. The first-order valence-corrected chi connectivity index (χ1v) is 13.7. The quantitative estimate of drug-likeness (QED) is 0.570. The Kier molecular flexibility index (Phi) is 6.64. The Bertz CT molecular complexity index is 1330. The van der Waals surface area contributed by atoms with Crippen molar-refractivity contribution < 1.29 is 22.4 Å². The van der Waals surface area contributed by atoms with Crippen molar-refractivity contribution in [3.8, 4) is 6.07 Å². The summed E-state index contributed by atoms with van der Waals surface area (Å²) in [5, 5.41) is 12.3. The summed E-state index contributed by atoms with van der Waals surface area (Å²) in [4.78, 5) is 28.6. The van der Waals surface area contributed by atoms with Crippen molar-refractivity contribution in [3.05, 3.63) is 59.7 Å². The molecule has 0 bridgehead atoms. The summed E-state index contributed by atoms with van der Waals surface area (Å²) in [5.74, 6) is 0.0915. The number of piperidine rings is 1. The van der Waals surface area contributed by atoms with Gasteiger partial charge in [-0.1, -0.05) is 17.7 Å². The molecule has 2 saturated heterocycles. The van der Waals surface area contributed by atoms with Gasteiger partial charge in [-0.15, -0.1) is 0 Å². The van der Waals surface area contributed by atoms with E-state index in [1.54, 1.807) is 53.4 Å². The monoisotopic (exact) mass is 525 g/mol. The van der Waals surface area contributed by atoms with Crippen molar-refractivity contribution in [2.24, 2.45) is 11.8 Å². The van der Waals surface area contributed by atoms with Crippen LogP contribution in [0.25, 0.3) is 0 Å². The molecule has 3 fully saturated rings. The van der Waals surface area contributed by atoms with E-state index < -0.39 is 22.2 Å². The molecule has 1 aliphatic carbocycles. The fourth-order valence-electron chi connectivity index (χ4n) is 5.28. The van der Waals surface area contributed by atoms with Crippen LogP contribution in [0.4, 0.5) is 10.1 Å². The standard InChI is InChI=1S/C26H28FN5O4S/c1-16-2-8-21(9-3-16)37(35,36)30-19-6-4-17(5-7-19)26(34)31-14-22-23(15-31)25(22)29-12-24(33)32-13-18(27)10-20(32)11-28/h2-9,18,20,22-23,25,29-30H,10,12-15H2,1H3. The molecule has 2 aromatic carbocycles. The zero-order valence-corrected chi connectivity index (χ0v) is 21.1. The largest absolute Gasteiger partial charge is 0.338 e. The third kappa shape index (κ3) is 5.17. The van der Waals surface area contributed by atoms with Gasteiger partial charge < -0.3 is 15.1 Å². The number of aryl methyl sites for hydroxylation is 1. The molecule has 2 amide bonds. The smallest absolute Gasteiger partial charge is 0.261 e. The second-order valence-electron chi connectivity index (χ2n) is 9.96. The van der Waals surface area contributed by atoms with Crippen LogP contribution in [0.5, 0.6) is 0 Å². The zero-order chi connectivity index (χ0) is 26.3. The summed E-state index contributed by atoms with van der Waals surface area (Å²) >= 11 is 0. The number of hydrogen-bond acceptors (Lipinski definition) is 6. The maximum Gasteiger partial charge on any atom is 0.261 e. The molecule has 4 unspecified atom stereocenters. The van der Waals surface area contributed by atoms with E-state index in [-0.39, 0.29) is 54.1 Å².